The number of halogens is 1. The van der Waals surface area contributed by atoms with Gasteiger partial charge >= 0.3 is 0 Å². The zero-order valence-corrected chi connectivity index (χ0v) is 13.5. The summed E-state index contributed by atoms with van der Waals surface area (Å²) in [6, 6.07) is 11.9. The van der Waals surface area contributed by atoms with Crippen LogP contribution >= 0.6 is 0 Å². The number of aryl methyl sites for hydroxylation is 1. The Morgan fingerprint density at radius 1 is 1.25 bits per heavy atom. The second-order valence-electron chi connectivity index (χ2n) is 6.26. The van der Waals surface area contributed by atoms with Crippen molar-refractivity contribution in [2.45, 2.75) is 19.9 Å². The van der Waals surface area contributed by atoms with Crippen LogP contribution in [0.1, 0.15) is 29.7 Å². The van der Waals surface area contributed by atoms with Gasteiger partial charge in [-0.05, 0) is 36.8 Å². The number of carbonyl (C=O) groups excluding carboxylic acids is 1. The number of benzene rings is 2. The Morgan fingerprint density at radius 2 is 2.00 bits per heavy atom. The molecule has 5 heteroatoms. The van der Waals surface area contributed by atoms with E-state index in [1.807, 2.05) is 25.1 Å². The fourth-order valence-corrected chi connectivity index (χ4v) is 3.45. The van der Waals surface area contributed by atoms with Crippen LogP contribution in [-0.2, 0) is 4.79 Å². The van der Waals surface area contributed by atoms with E-state index in [-0.39, 0.29) is 23.7 Å². The van der Waals surface area contributed by atoms with Crippen LogP contribution in [0.4, 0.5) is 4.39 Å². The molecule has 0 N–H and O–H groups in total. The molecule has 2 aliphatic rings. The van der Waals surface area contributed by atoms with Crippen molar-refractivity contribution in [1.29, 1.82) is 0 Å². The lowest BCUT2D eigenvalue weighted by atomic mass is 9.85. The minimum atomic E-state index is -0.298. The van der Waals surface area contributed by atoms with Crippen molar-refractivity contribution in [2.24, 2.45) is 11.0 Å². The van der Waals surface area contributed by atoms with Crippen molar-refractivity contribution in [1.82, 2.24) is 5.01 Å². The van der Waals surface area contributed by atoms with E-state index in [0.29, 0.717) is 6.61 Å². The summed E-state index contributed by atoms with van der Waals surface area (Å²) in [5.41, 5.74) is 3.77. The summed E-state index contributed by atoms with van der Waals surface area (Å²) in [7, 11) is 0. The topological polar surface area (TPSA) is 41.9 Å². The summed E-state index contributed by atoms with van der Waals surface area (Å²) in [6.45, 7) is 3.95. The maximum absolute atomic E-state index is 13.3. The Labute approximate surface area is 139 Å². The van der Waals surface area contributed by atoms with Crippen LogP contribution in [0, 0.1) is 18.7 Å². The van der Waals surface area contributed by atoms with E-state index in [0.717, 1.165) is 28.2 Å². The Morgan fingerprint density at radius 3 is 2.71 bits per heavy atom. The first-order valence-corrected chi connectivity index (χ1v) is 7.92. The number of hydrazone groups is 1. The van der Waals surface area contributed by atoms with Gasteiger partial charge in [0.25, 0.3) is 0 Å². The Kier molecular flexibility index (Phi) is 3.37. The number of ether oxygens (including phenoxy) is 1. The lowest BCUT2D eigenvalue weighted by molar-refractivity contribution is -0.131. The quantitative estimate of drug-likeness (QED) is 0.806. The lowest BCUT2D eigenvalue weighted by Gasteiger charge is -2.29. The van der Waals surface area contributed by atoms with Gasteiger partial charge in [0.1, 0.15) is 11.6 Å². The number of rotatable bonds is 1. The molecule has 0 saturated heterocycles. The molecule has 2 atom stereocenters. The molecule has 0 unspecified atom stereocenters. The van der Waals surface area contributed by atoms with Crippen molar-refractivity contribution in [3.05, 3.63) is 65.0 Å². The molecule has 2 aliphatic heterocycles. The van der Waals surface area contributed by atoms with E-state index in [2.05, 4.69) is 5.10 Å². The average Bonchev–Trinajstić information content (AvgIpc) is 2.96. The third-order valence-electron chi connectivity index (χ3n) is 4.57. The predicted molar refractivity (Wildman–Crippen MR) is 88.4 cm³/mol. The minimum Gasteiger partial charge on any atom is -0.492 e. The highest BCUT2D eigenvalue weighted by molar-refractivity contribution is 6.07. The van der Waals surface area contributed by atoms with Gasteiger partial charge in [-0.1, -0.05) is 23.8 Å². The minimum absolute atomic E-state index is 0.0614. The highest BCUT2D eigenvalue weighted by atomic mass is 19.1. The Balaban J connectivity index is 1.81. The first kappa shape index (κ1) is 14.9. The normalized spacial score (nSPS) is 21.6. The molecule has 2 aromatic rings. The van der Waals surface area contributed by atoms with Crippen LogP contribution in [0.5, 0.6) is 5.75 Å². The molecular weight excluding hydrogens is 307 g/mol. The first-order chi connectivity index (χ1) is 11.5. The van der Waals surface area contributed by atoms with Crippen LogP contribution in [0.15, 0.2) is 47.6 Å². The van der Waals surface area contributed by atoms with Gasteiger partial charge in [0.2, 0.25) is 5.91 Å². The van der Waals surface area contributed by atoms with E-state index in [9.17, 15) is 9.18 Å². The standard InChI is InChI=1S/C19H17FN2O2/c1-11-3-8-17-15(9-11)18-16(10-24-17)19(22(21-18)12(2)23)13-4-6-14(20)7-5-13/h3-9,16,19H,10H2,1-2H3/t16-,19-/m1/s1. The van der Waals surface area contributed by atoms with Gasteiger partial charge in [0.05, 0.1) is 24.3 Å². The number of amides is 1. The molecule has 0 spiro atoms. The van der Waals surface area contributed by atoms with Crippen LogP contribution < -0.4 is 4.74 Å². The number of carbonyl (C=O) groups is 1. The SMILES string of the molecule is CC(=O)N1N=C2c3cc(C)ccc3OC[C@H]2[C@H]1c1ccc(F)cc1. The summed E-state index contributed by atoms with van der Waals surface area (Å²) >= 11 is 0. The Hall–Kier alpha value is -2.69. The molecule has 0 aliphatic carbocycles. The highest BCUT2D eigenvalue weighted by Gasteiger charge is 2.44. The van der Waals surface area contributed by atoms with Gasteiger partial charge in [-0.25, -0.2) is 9.40 Å². The van der Waals surface area contributed by atoms with Crippen LogP contribution in [0.3, 0.4) is 0 Å². The molecule has 4 rings (SSSR count). The molecule has 0 fully saturated rings. The molecular formula is C19H17FN2O2. The highest BCUT2D eigenvalue weighted by Crippen LogP contribution is 2.42. The second-order valence-corrected chi connectivity index (χ2v) is 6.26. The van der Waals surface area contributed by atoms with Gasteiger partial charge in [-0.15, -0.1) is 0 Å². The predicted octanol–water partition coefficient (Wildman–Crippen LogP) is 3.45. The molecule has 0 radical (unpaired) electrons. The number of hydrogen-bond donors (Lipinski definition) is 0. The largest absolute Gasteiger partial charge is 0.492 e. The van der Waals surface area contributed by atoms with Crippen molar-refractivity contribution in [3.8, 4) is 5.75 Å². The Bertz CT molecular complexity index is 845. The summed E-state index contributed by atoms with van der Waals surface area (Å²) in [4.78, 5) is 12.1. The second kappa shape index (κ2) is 5.44. The molecule has 0 bridgehead atoms. The van der Waals surface area contributed by atoms with Crippen LogP contribution in [-0.4, -0.2) is 23.2 Å². The van der Waals surface area contributed by atoms with Crippen LogP contribution in [0.25, 0.3) is 0 Å². The molecule has 0 saturated carbocycles. The molecule has 4 nitrogen and oxygen atoms in total. The van der Waals surface area contributed by atoms with Crippen molar-refractivity contribution in [3.63, 3.8) is 0 Å². The molecule has 1 amide bonds. The summed E-state index contributed by atoms with van der Waals surface area (Å²) in [5.74, 6) is 0.293. The average molecular weight is 324 g/mol. The van der Waals surface area contributed by atoms with Crippen molar-refractivity contribution < 1.29 is 13.9 Å². The number of fused-ring (bicyclic) bond motifs is 3. The molecule has 0 aromatic heterocycles. The lowest BCUT2D eigenvalue weighted by Crippen LogP contribution is -2.34. The van der Waals surface area contributed by atoms with Gasteiger partial charge < -0.3 is 4.74 Å². The van der Waals surface area contributed by atoms with E-state index >= 15 is 0 Å². The fraction of sp³-hybridized carbons (Fsp3) is 0.263. The molecule has 122 valence electrons. The monoisotopic (exact) mass is 324 g/mol. The smallest absolute Gasteiger partial charge is 0.240 e. The van der Waals surface area contributed by atoms with Gasteiger partial charge in [-0.2, -0.15) is 5.10 Å². The van der Waals surface area contributed by atoms with Gasteiger partial charge in [0, 0.05) is 12.5 Å². The summed E-state index contributed by atoms with van der Waals surface area (Å²) in [6.07, 6.45) is 0. The maximum atomic E-state index is 13.3. The first-order valence-electron chi connectivity index (χ1n) is 7.92. The molecule has 24 heavy (non-hydrogen) atoms. The zero-order valence-electron chi connectivity index (χ0n) is 13.5. The van der Waals surface area contributed by atoms with Crippen molar-refractivity contribution in [2.75, 3.05) is 6.61 Å². The van der Waals surface area contributed by atoms with E-state index in [1.54, 1.807) is 12.1 Å². The zero-order chi connectivity index (χ0) is 16.8. The van der Waals surface area contributed by atoms with E-state index in [1.165, 1.54) is 24.1 Å². The summed E-state index contributed by atoms with van der Waals surface area (Å²) in [5, 5.41) is 6.09. The molecule has 2 heterocycles. The maximum Gasteiger partial charge on any atom is 0.240 e. The van der Waals surface area contributed by atoms with Crippen LogP contribution in [0.2, 0.25) is 0 Å². The third kappa shape index (κ3) is 2.28. The summed E-state index contributed by atoms with van der Waals surface area (Å²) < 4.78 is 19.2. The van der Waals surface area contributed by atoms with Crippen molar-refractivity contribution >= 4 is 11.6 Å². The molecule has 2 aromatic carbocycles. The van der Waals surface area contributed by atoms with E-state index in [4.69, 9.17) is 4.74 Å². The van der Waals surface area contributed by atoms with Gasteiger partial charge in [-0.3, -0.25) is 4.79 Å². The number of hydrogen-bond acceptors (Lipinski definition) is 3. The number of nitrogens with zero attached hydrogens (tertiary/aromatic N) is 2. The fourth-order valence-electron chi connectivity index (χ4n) is 3.45. The van der Waals surface area contributed by atoms with E-state index < -0.39 is 0 Å². The van der Waals surface area contributed by atoms with Gasteiger partial charge in [0.15, 0.2) is 0 Å². The third-order valence-corrected chi connectivity index (χ3v) is 4.57.